The Balaban J connectivity index is 2.16. The second-order valence-corrected chi connectivity index (χ2v) is 6.38. The van der Waals surface area contributed by atoms with E-state index in [1.165, 1.54) is 0 Å². The van der Waals surface area contributed by atoms with Crippen molar-refractivity contribution in [3.8, 4) is 5.75 Å². The molecule has 1 heterocycles. The maximum Gasteiger partial charge on any atom is 0.161 e. The lowest BCUT2D eigenvalue weighted by Crippen LogP contribution is -2.36. The van der Waals surface area contributed by atoms with Crippen LogP contribution in [0.1, 0.15) is 39.2 Å². The Morgan fingerprint density at radius 3 is 2.82 bits per heavy atom. The van der Waals surface area contributed by atoms with Crippen LogP contribution >= 0.6 is 11.6 Å². The maximum atomic E-state index is 12.1. The molecule has 120 valence electrons. The van der Waals surface area contributed by atoms with Crippen LogP contribution in [-0.4, -0.2) is 36.4 Å². The molecular formula is C18H24ClNO2. The molecule has 0 spiro atoms. The first-order valence-electron chi connectivity index (χ1n) is 7.92. The number of hydrogen-bond donors (Lipinski definition) is 0. The second kappa shape index (κ2) is 7.80. The zero-order valence-corrected chi connectivity index (χ0v) is 14.3. The molecule has 0 N–H and O–H groups in total. The molecule has 0 bridgehead atoms. The van der Waals surface area contributed by atoms with Crippen molar-refractivity contribution >= 4 is 23.5 Å². The summed E-state index contributed by atoms with van der Waals surface area (Å²) >= 11 is 6.26. The average molecular weight is 322 g/mol. The largest absolute Gasteiger partial charge is 0.489 e. The third-order valence-electron chi connectivity index (χ3n) is 3.61. The molecule has 0 aliphatic carbocycles. The van der Waals surface area contributed by atoms with Crippen molar-refractivity contribution in [1.29, 1.82) is 0 Å². The number of benzene rings is 1. The van der Waals surface area contributed by atoms with E-state index in [1.54, 1.807) is 0 Å². The van der Waals surface area contributed by atoms with Gasteiger partial charge in [0.25, 0.3) is 0 Å². The van der Waals surface area contributed by atoms with Crippen LogP contribution < -0.4 is 4.74 Å². The van der Waals surface area contributed by atoms with Gasteiger partial charge in [0.1, 0.15) is 5.75 Å². The summed E-state index contributed by atoms with van der Waals surface area (Å²) in [6.45, 7) is 8.73. The van der Waals surface area contributed by atoms with Crippen LogP contribution in [-0.2, 0) is 4.79 Å². The van der Waals surface area contributed by atoms with Gasteiger partial charge < -0.3 is 4.74 Å². The van der Waals surface area contributed by atoms with E-state index in [-0.39, 0.29) is 11.9 Å². The first-order valence-corrected chi connectivity index (χ1v) is 8.29. The number of piperidine rings is 1. The third-order valence-corrected chi connectivity index (χ3v) is 3.90. The number of hydrogen-bond acceptors (Lipinski definition) is 3. The van der Waals surface area contributed by atoms with Crippen LogP contribution in [0.5, 0.6) is 5.75 Å². The van der Waals surface area contributed by atoms with Gasteiger partial charge in [-0.2, -0.15) is 0 Å². The van der Waals surface area contributed by atoms with Gasteiger partial charge in [0.15, 0.2) is 5.78 Å². The molecular weight excluding hydrogens is 298 g/mol. The van der Waals surface area contributed by atoms with Crippen LogP contribution in [0.2, 0.25) is 5.02 Å². The van der Waals surface area contributed by atoms with E-state index in [0.717, 1.165) is 37.2 Å². The monoisotopic (exact) mass is 321 g/mol. The fourth-order valence-electron chi connectivity index (χ4n) is 2.62. The van der Waals surface area contributed by atoms with Crippen molar-refractivity contribution in [3.05, 3.63) is 34.4 Å². The molecule has 1 aliphatic heterocycles. The molecule has 0 unspecified atom stereocenters. The van der Waals surface area contributed by atoms with Crippen LogP contribution in [0.25, 0.3) is 6.08 Å². The summed E-state index contributed by atoms with van der Waals surface area (Å²) < 4.78 is 5.63. The molecule has 0 aromatic heterocycles. The summed E-state index contributed by atoms with van der Waals surface area (Å²) in [5.74, 6) is 0.923. The van der Waals surface area contributed by atoms with Crippen molar-refractivity contribution in [1.82, 2.24) is 4.90 Å². The Bertz CT molecular complexity index is 566. The van der Waals surface area contributed by atoms with Gasteiger partial charge in [-0.1, -0.05) is 24.6 Å². The number of halogens is 1. The number of nitrogens with zero attached hydrogens (tertiary/aromatic N) is 1. The standard InChI is InChI=1S/C18H24ClNO2/c1-4-8-20-9-7-17(21)15(12-20)10-14-5-6-18(16(19)11-14)22-13(2)3/h5-6,10-11,13H,4,7-9,12H2,1-3H3/b15-10+. The molecule has 0 radical (unpaired) electrons. The van der Waals surface area contributed by atoms with Crippen LogP contribution in [0.4, 0.5) is 0 Å². The molecule has 4 heteroatoms. The number of carbonyl (C=O) groups is 1. The van der Waals surface area contributed by atoms with Crippen LogP contribution in [0, 0.1) is 0 Å². The first kappa shape index (κ1) is 17.0. The fraction of sp³-hybridized carbons (Fsp3) is 0.500. The Morgan fingerprint density at radius 1 is 1.41 bits per heavy atom. The predicted octanol–water partition coefficient (Wildman–Crippen LogP) is 4.20. The molecule has 2 rings (SSSR count). The lowest BCUT2D eigenvalue weighted by molar-refractivity contribution is -0.117. The highest BCUT2D eigenvalue weighted by Gasteiger charge is 2.20. The lowest BCUT2D eigenvalue weighted by atomic mass is 10.00. The zero-order valence-electron chi connectivity index (χ0n) is 13.6. The minimum atomic E-state index is 0.0872. The summed E-state index contributed by atoms with van der Waals surface area (Å²) in [5, 5.41) is 0.580. The molecule has 3 nitrogen and oxygen atoms in total. The quantitative estimate of drug-likeness (QED) is 0.761. The van der Waals surface area contributed by atoms with E-state index < -0.39 is 0 Å². The van der Waals surface area contributed by atoms with Crippen LogP contribution in [0.3, 0.4) is 0 Å². The minimum Gasteiger partial charge on any atom is -0.489 e. The van der Waals surface area contributed by atoms with Crippen molar-refractivity contribution < 1.29 is 9.53 Å². The average Bonchev–Trinajstić information content (AvgIpc) is 2.45. The van der Waals surface area contributed by atoms with E-state index in [0.29, 0.717) is 17.2 Å². The summed E-state index contributed by atoms with van der Waals surface area (Å²) in [6, 6.07) is 5.67. The highest BCUT2D eigenvalue weighted by molar-refractivity contribution is 6.32. The molecule has 1 aromatic carbocycles. The SMILES string of the molecule is CCCN1CCC(=O)/C(=C/c2ccc(OC(C)C)c(Cl)c2)C1. The summed E-state index contributed by atoms with van der Waals surface area (Å²) in [7, 11) is 0. The van der Waals surface area contributed by atoms with E-state index in [4.69, 9.17) is 16.3 Å². The molecule has 1 aromatic rings. The van der Waals surface area contributed by atoms with Gasteiger partial charge in [-0.3, -0.25) is 9.69 Å². The summed E-state index contributed by atoms with van der Waals surface area (Å²) in [6.07, 6.45) is 3.75. The first-order chi connectivity index (χ1) is 10.5. The van der Waals surface area contributed by atoms with Gasteiger partial charge in [-0.05, 0) is 50.6 Å². The summed E-state index contributed by atoms with van der Waals surface area (Å²) in [5.41, 5.74) is 1.82. The van der Waals surface area contributed by atoms with Crippen LogP contribution in [0.15, 0.2) is 23.8 Å². The maximum absolute atomic E-state index is 12.1. The van der Waals surface area contributed by atoms with Gasteiger partial charge in [-0.25, -0.2) is 0 Å². The Morgan fingerprint density at radius 2 is 2.18 bits per heavy atom. The fourth-order valence-corrected chi connectivity index (χ4v) is 2.85. The van der Waals surface area contributed by atoms with Crippen molar-refractivity contribution in [3.63, 3.8) is 0 Å². The number of likely N-dealkylation sites (tertiary alicyclic amines) is 1. The highest BCUT2D eigenvalue weighted by atomic mass is 35.5. The number of rotatable bonds is 5. The molecule has 0 atom stereocenters. The molecule has 1 saturated heterocycles. The summed E-state index contributed by atoms with van der Waals surface area (Å²) in [4.78, 5) is 14.4. The van der Waals surface area contributed by atoms with E-state index in [2.05, 4.69) is 11.8 Å². The number of ether oxygens (including phenoxy) is 1. The van der Waals surface area contributed by atoms with E-state index in [1.807, 2.05) is 38.1 Å². The Hall–Kier alpha value is -1.32. The topological polar surface area (TPSA) is 29.5 Å². The zero-order chi connectivity index (χ0) is 16.1. The Labute approximate surface area is 137 Å². The van der Waals surface area contributed by atoms with E-state index in [9.17, 15) is 4.79 Å². The smallest absolute Gasteiger partial charge is 0.161 e. The lowest BCUT2D eigenvalue weighted by Gasteiger charge is -2.27. The van der Waals surface area contributed by atoms with Gasteiger partial charge in [0.2, 0.25) is 0 Å². The van der Waals surface area contributed by atoms with Gasteiger partial charge >= 0.3 is 0 Å². The van der Waals surface area contributed by atoms with Crippen molar-refractivity contribution in [2.24, 2.45) is 0 Å². The number of carbonyl (C=O) groups excluding carboxylic acids is 1. The van der Waals surface area contributed by atoms with E-state index >= 15 is 0 Å². The molecule has 0 saturated carbocycles. The second-order valence-electron chi connectivity index (χ2n) is 5.98. The van der Waals surface area contributed by atoms with Crippen molar-refractivity contribution in [2.75, 3.05) is 19.6 Å². The predicted molar refractivity (Wildman–Crippen MR) is 91.5 cm³/mol. The van der Waals surface area contributed by atoms with Gasteiger partial charge in [0, 0.05) is 25.1 Å². The van der Waals surface area contributed by atoms with Gasteiger partial charge in [0.05, 0.1) is 11.1 Å². The normalized spacial score (nSPS) is 18.2. The van der Waals surface area contributed by atoms with Crippen molar-refractivity contribution in [2.45, 2.75) is 39.7 Å². The minimum absolute atomic E-state index is 0.0872. The number of Topliss-reactive ketones (excluding diaryl/α,β-unsaturated/α-hetero) is 1. The number of ketones is 1. The molecule has 0 amide bonds. The van der Waals surface area contributed by atoms with Gasteiger partial charge in [-0.15, -0.1) is 0 Å². The molecule has 1 fully saturated rings. The highest BCUT2D eigenvalue weighted by Crippen LogP contribution is 2.28. The Kier molecular flexibility index (Phi) is 6.04. The molecule has 1 aliphatic rings. The molecule has 22 heavy (non-hydrogen) atoms. The third kappa shape index (κ3) is 4.59.